The quantitative estimate of drug-likeness (QED) is 0.904. The van der Waals surface area contributed by atoms with Crippen LogP contribution < -0.4 is 5.69 Å². The highest BCUT2D eigenvalue weighted by Crippen LogP contribution is 2.26. The Morgan fingerprint density at radius 1 is 1.42 bits per heavy atom. The Bertz CT molecular complexity index is 737. The van der Waals surface area contributed by atoms with E-state index in [2.05, 4.69) is 25.9 Å². The van der Waals surface area contributed by atoms with Crippen LogP contribution in [0.5, 0.6) is 0 Å². The number of aliphatic imine (C=N–C) groups is 1. The van der Waals surface area contributed by atoms with Crippen molar-refractivity contribution < 1.29 is 4.79 Å². The largest absolute Gasteiger partial charge is 0.325 e. The SMILES string of the molecule is Cn1c(C[C@@H]2C=NC(=O)c3ccc(Br)n32)c[nH]c1=O. The predicted molar refractivity (Wildman–Crippen MR) is 73.7 cm³/mol. The van der Waals surface area contributed by atoms with Crippen LogP contribution in [-0.4, -0.2) is 26.2 Å². The molecule has 0 bridgehead atoms. The smallest absolute Gasteiger partial charge is 0.322 e. The number of fused-ring (bicyclic) bond motifs is 1. The second-order valence-corrected chi connectivity index (χ2v) is 5.22. The van der Waals surface area contributed by atoms with Gasteiger partial charge in [0.05, 0.1) is 10.6 Å². The molecule has 6 nitrogen and oxygen atoms in total. The molecule has 1 aliphatic rings. The van der Waals surface area contributed by atoms with E-state index in [9.17, 15) is 9.59 Å². The zero-order valence-electron chi connectivity index (χ0n) is 10.1. The Kier molecular flexibility index (Phi) is 2.78. The normalized spacial score (nSPS) is 17.8. The maximum Gasteiger partial charge on any atom is 0.325 e. The summed E-state index contributed by atoms with van der Waals surface area (Å²) in [5, 5.41) is 0. The van der Waals surface area contributed by atoms with E-state index in [0.29, 0.717) is 12.1 Å². The number of H-pyrrole nitrogens is 1. The van der Waals surface area contributed by atoms with E-state index in [1.165, 1.54) is 0 Å². The third kappa shape index (κ3) is 1.90. The highest BCUT2D eigenvalue weighted by Gasteiger charge is 2.24. The molecule has 0 saturated carbocycles. The maximum absolute atomic E-state index is 11.7. The van der Waals surface area contributed by atoms with Gasteiger partial charge in [-0.15, -0.1) is 0 Å². The number of hydrogen-bond donors (Lipinski definition) is 1. The van der Waals surface area contributed by atoms with Crippen molar-refractivity contribution >= 4 is 28.1 Å². The first-order valence-electron chi connectivity index (χ1n) is 5.76. The molecule has 0 unspecified atom stereocenters. The summed E-state index contributed by atoms with van der Waals surface area (Å²) < 4.78 is 4.27. The summed E-state index contributed by atoms with van der Waals surface area (Å²) in [7, 11) is 1.71. The number of nitrogens with one attached hydrogen (secondary N) is 1. The van der Waals surface area contributed by atoms with Crippen LogP contribution in [0.15, 0.2) is 32.7 Å². The van der Waals surface area contributed by atoms with Crippen LogP contribution in [0.4, 0.5) is 0 Å². The van der Waals surface area contributed by atoms with Gasteiger partial charge in [0.25, 0.3) is 5.91 Å². The molecule has 7 heteroatoms. The van der Waals surface area contributed by atoms with Crippen molar-refractivity contribution in [2.24, 2.45) is 12.0 Å². The molecule has 0 spiro atoms. The second kappa shape index (κ2) is 4.34. The summed E-state index contributed by atoms with van der Waals surface area (Å²) in [5.41, 5.74) is 1.27. The number of carbonyl (C=O) groups excluding carboxylic acids is 1. The molecule has 1 atom stereocenters. The van der Waals surface area contributed by atoms with Crippen molar-refractivity contribution in [3.63, 3.8) is 0 Å². The van der Waals surface area contributed by atoms with Gasteiger partial charge in [0.2, 0.25) is 0 Å². The van der Waals surface area contributed by atoms with Gasteiger partial charge in [0.15, 0.2) is 0 Å². The first-order valence-corrected chi connectivity index (χ1v) is 6.56. The van der Waals surface area contributed by atoms with E-state index in [1.807, 2.05) is 10.6 Å². The average molecular weight is 323 g/mol. The highest BCUT2D eigenvalue weighted by atomic mass is 79.9. The molecule has 0 aromatic carbocycles. The Morgan fingerprint density at radius 2 is 2.21 bits per heavy atom. The van der Waals surface area contributed by atoms with Crippen molar-refractivity contribution in [1.82, 2.24) is 14.1 Å². The molecule has 3 heterocycles. The van der Waals surface area contributed by atoms with Gasteiger partial charge < -0.3 is 9.55 Å². The van der Waals surface area contributed by atoms with Gasteiger partial charge >= 0.3 is 5.69 Å². The van der Waals surface area contributed by atoms with Crippen LogP contribution >= 0.6 is 15.9 Å². The van der Waals surface area contributed by atoms with Crippen molar-refractivity contribution in [3.05, 3.63) is 44.8 Å². The number of aromatic nitrogens is 3. The number of amides is 1. The number of carbonyl (C=O) groups is 1. The predicted octanol–water partition coefficient (Wildman–Crippen LogP) is 1.29. The lowest BCUT2D eigenvalue weighted by atomic mass is 10.1. The lowest BCUT2D eigenvalue weighted by Crippen LogP contribution is -2.24. The van der Waals surface area contributed by atoms with Gasteiger partial charge in [-0.05, 0) is 28.1 Å². The Labute approximate surface area is 116 Å². The number of rotatable bonds is 2. The number of nitrogens with zero attached hydrogens (tertiary/aromatic N) is 3. The maximum atomic E-state index is 11.7. The minimum atomic E-state index is -0.245. The fourth-order valence-electron chi connectivity index (χ4n) is 2.24. The topological polar surface area (TPSA) is 72.2 Å². The second-order valence-electron chi connectivity index (χ2n) is 4.41. The molecule has 19 heavy (non-hydrogen) atoms. The summed E-state index contributed by atoms with van der Waals surface area (Å²) >= 11 is 3.43. The molecule has 1 amide bonds. The van der Waals surface area contributed by atoms with Gasteiger partial charge in [-0.25, -0.2) is 9.79 Å². The fourth-order valence-corrected chi connectivity index (χ4v) is 2.83. The van der Waals surface area contributed by atoms with Gasteiger partial charge in [-0.3, -0.25) is 9.36 Å². The molecule has 1 N–H and O–H groups in total. The number of hydrogen-bond acceptors (Lipinski definition) is 2. The summed E-state index contributed by atoms with van der Waals surface area (Å²) in [6.45, 7) is 0. The molecular weight excluding hydrogens is 312 g/mol. The average Bonchev–Trinajstić information content (AvgIpc) is 2.92. The third-order valence-electron chi connectivity index (χ3n) is 3.30. The molecule has 3 rings (SSSR count). The number of aromatic amines is 1. The van der Waals surface area contributed by atoms with Crippen LogP contribution in [0.3, 0.4) is 0 Å². The summed E-state index contributed by atoms with van der Waals surface area (Å²) in [6.07, 6.45) is 3.90. The minimum Gasteiger partial charge on any atom is -0.322 e. The Morgan fingerprint density at radius 3 is 2.89 bits per heavy atom. The Balaban J connectivity index is 2.00. The molecule has 0 fully saturated rings. The molecule has 2 aromatic heterocycles. The van der Waals surface area contributed by atoms with Crippen LogP contribution in [0.1, 0.15) is 22.2 Å². The van der Waals surface area contributed by atoms with Crippen LogP contribution in [0, 0.1) is 0 Å². The molecule has 0 aliphatic carbocycles. The summed E-state index contributed by atoms with van der Waals surface area (Å²) in [4.78, 5) is 29.6. The molecule has 0 saturated heterocycles. The zero-order valence-corrected chi connectivity index (χ0v) is 11.7. The third-order valence-corrected chi connectivity index (χ3v) is 3.95. The number of halogens is 1. The Hall–Kier alpha value is -1.89. The van der Waals surface area contributed by atoms with Crippen molar-refractivity contribution in [1.29, 1.82) is 0 Å². The van der Waals surface area contributed by atoms with Crippen molar-refractivity contribution in [3.8, 4) is 0 Å². The van der Waals surface area contributed by atoms with E-state index in [0.717, 1.165) is 10.3 Å². The first kappa shape index (κ1) is 12.2. The minimum absolute atomic E-state index is 0.0847. The summed E-state index contributed by atoms with van der Waals surface area (Å²) in [5.74, 6) is -0.245. The first-order chi connectivity index (χ1) is 9.08. The van der Waals surface area contributed by atoms with Gasteiger partial charge in [0, 0.05) is 31.6 Å². The number of imidazole rings is 1. The van der Waals surface area contributed by atoms with E-state index < -0.39 is 0 Å². The lowest BCUT2D eigenvalue weighted by molar-refractivity contribution is 0.0988. The fraction of sp³-hybridized carbons (Fsp3) is 0.250. The van der Waals surface area contributed by atoms with Gasteiger partial charge in [0.1, 0.15) is 5.69 Å². The zero-order chi connectivity index (χ0) is 13.6. The standard InChI is InChI=1S/C12H11BrN4O2/c1-16-7(5-15-12(16)19)4-8-6-14-11(18)9-2-3-10(13)17(8)9/h2-3,5-6,8H,4H2,1H3,(H,15,19)/t8-/m1/s1. The van der Waals surface area contributed by atoms with Crippen LogP contribution in [0.2, 0.25) is 0 Å². The van der Waals surface area contributed by atoms with Crippen molar-refractivity contribution in [2.45, 2.75) is 12.5 Å². The molecule has 0 radical (unpaired) electrons. The molecule has 98 valence electrons. The molecular formula is C12H11BrN4O2. The van der Waals surface area contributed by atoms with Gasteiger partial charge in [-0.1, -0.05) is 0 Å². The molecule has 2 aromatic rings. The van der Waals surface area contributed by atoms with E-state index in [1.54, 1.807) is 30.1 Å². The van der Waals surface area contributed by atoms with Crippen molar-refractivity contribution in [2.75, 3.05) is 0 Å². The van der Waals surface area contributed by atoms with E-state index >= 15 is 0 Å². The van der Waals surface area contributed by atoms with E-state index in [-0.39, 0.29) is 17.6 Å². The van der Waals surface area contributed by atoms with Crippen LogP contribution in [0.25, 0.3) is 0 Å². The monoisotopic (exact) mass is 322 g/mol. The van der Waals surface area contributed by atoms with E-state index in [4.69, 9.17) is 0 Å². The lowest BCUT2D eigenvalue weighted by Gasteiger charge is -2.21. The van der Waals surface area contributed by atoms with Gasteiger partial charge in [-0.2, -0.15) is 0 Å². The highest BCUT2D eigenvalue weighted by molar-refractivity contribution is 9.10. The summed E-state index contributed by atoms with van der Waals surface area (Å²) in [6, 6.07) is 3.48. The van der Waals surface area contributed by atoms with Crippen LogP contribution in [-0.2, 0) is 13.5 Å². The molecule has 1 aliphatic heterocycles.